The summed E-state index contributed by atoms with van der Waals surface area (Å²) in [7, 11) is 3.27. The van der Waals surface area contributed by atoms with Crippen LogP contribution in [0.25, 0.3) is 0 Å². The second-order valence-corrected chi connectivity index (χ2v) is 4.27. The molecule has 1 aromatic rings. The number of nitrogens with one attached hydrogen (secondary N) is 1. The second kappa shape index (κ2) is 8.63. The van der Waals surface area contributed by atoms with Crippen molar-refractivity contribution in [1.29, 1.82) is 0 Å². The monoisotopic (exact) mass is 266 g/mol. The normalized spacial score (nSPS) is 10.7. The molecule has 0 radical (unpaired) electrons. The number of aliphatic hydroxyl groups is 1. The molecule has 0 atom stereocenters. The zero-order valence-electron chi connectivity index (χ0n) is 11.6. The van der Waals surface area contributed by atoms with Gasteiger partial charge < -0.3 is 15.2 Å². The first-order valence-corrected chi connectivity index (χ1v) is 6.34. The molecule has 0 saturated carbocycles. The molecule has 106 valence electrons. The SMILES string of the molecule is CNC(=O)c1cccc(CN(CCO)CCOC)c1. The van der Waals surface area contributed by atoms with E-state index >= 15 is 0 Å². The van der Waals surface area contributed by atoms with Crippen molar-refractivity contribution in [3.05, 3.63) is 35.4 Å². The van der Waals surface area contributed by atoms with Crippen LogP contribution in [0.3, 0.4) is 0 Å². The summed E-state index contributed by atoms with van der Waals surface area (Å²) in [5, 5.41) is 11.7. The maximum Gasteiger partial charge on any atom is 0.251 e. The fourth-order valence-electron chi connectivity index (χ4n) is 1.85. The van der Waals surface area contributed by atoms with Gasteiger partial charge in [-0.05, 0) is 17.7 Å². The summed E-state index contributed by atoms with van der Waals surface area (Å²) in [5.41, 5.74) is 1.70. The Morgan fingerprint density at radius 3 is 2.84 bits per heavy atom. The highest BCUT2D eigenvalue weighted by Gasteiger charge is 2.08. The number of ether oxygens (including phenoxy) is 1. The standard InChI is InChI=1S/C14H22N2O3/c1-15-14(18)13-5-3-4-12(10-13)11-16(6-8-17)7-9-19-2/h3-5,10,17H,6-9,11H2,1-2H3,(H,15,18). The first kappa shape index (κ1) is 15.6. The van der Waals surface area contributed by atoms with Crippen molar-refractivity contribution in [2.24, 2.45) is 0 Å². The lowest BCUT2D eigenvalue weighted by Crippen LogP contribution is -2.30. The van der Waals surface area contributed by atoms with E-state index in [-0.39, 0.29) is 12.5 Å². The fourth-order valence-corrected chi connectivity index (χ4v) is 1.85. The Kier molecular flexibility index (Phi) is 7.10. The van der Waals surface area contributed by atoms with E-state index in [4.69, 9.17) is 9.84 Å². The van der Waals surface area contributed by atoms with E-state index in [2.05, 4.69) is 10.2 Å². The number of aliphatic hydroxyl groups excluding tert-OH is 1. The van der Waals surface area contributed by atoms with E-state index in [1.165, 1.54) is 0 Å². The molecule has 0 unspecified atom stereocenters. The van der Waals surface area contributed by atoms with Crippen molar-refractivity contribution in [2.75, 3.05) is 40.5 Å². The lowest BCUT2D eigenvalue weighted by atomic mass is 10.1. The van der Waals surface area contributed by atoms with Gasteiger partial charge >= 0.3 is 0 Å². The number of hydrogen-bond acceptors (Lipinski definition) is 4. The number of hydrogen-bond donors (Lipinski definition) is 2. The molecule has 0 heterocycles. The largest absolute Gasteiger partial charge is 0.395 e. The van der Waals surface area contributed by atoms with Crippen LogP contribution in [0.15, 0.2) is 24.3 Å². The van der Waals surface area contributed by atoms with Gasteiger partial charge in [0.2, 0.25) is 0 Å². The average Bonchev–Trinajstić information content (AvgIpc) is 2.44. The third-order valence-corrected chi connectivity index (χ3v) is 2.85. The van der Waals surface area contributed by atoms with Gasteiger partial charge in [0, 0.05) is 39.4 Å². The number of carbonyl (C=O) groups excluding carboxylic acids is 1. The van der Waals surface area contributed by atoms with Crippen molar-refractivity contribution < 1.29 is 14.6 Å². The van der Waals surface area contributed by atoms with Crippen LogP contribution >= 0.6 is 0 Å². The molecular weight excluding hydrogens is 244 g/mol. The van der Waals surface area contributed by atoms with Crippen LogP contribution in [0, 0.1) is 0 Å². The topological polar surface area (TPSA) is 61.8 Å². The molecule has 0 aliphatic carbocycles. The summed E-state index contributed by atoms with van der Waals surface area (Å²) in [6.07, 6.45) is 0. The zero-order chi connectivity index (χ0) is 14.1. The summed E-state index contributed by atoms with van der Waals surface area (Å²) in [4.78, 5) is 13.7. The Morgan fingerprint density at radius 2 is 2.21 bits per heavy atom. The Morgan fingerprint density at radius 1 is 1.42 bits per heavy atom. The first-order valence-electron chi connectivity index (χ1n) is 6.34. The quantitative estimate of drug-likeness (QED) is 0.719. The molecule has 1 rings (SSSR count). The molecule has 1 aromatic carbocycles. The molecule has 5 heteroatoms. The molecule has 19 heavy (non-hydrogen) atoms. The number of benzene rings is 1. The molecule has 5 nitrogen and oxygen atoms in total. The van der Waals surface area contributed by atoms with E-state index in [0.717, 1.165) is 12.1 Å². The Balaban J connectivity index is 2.69. The van der Waals surface area contributed by atoms with Crippen molar-refractivity contribution in [3.63, 3.8) is 0 Å². The third-order valence-electron chi connectivity index (χ3n) is 2.85. The van der Waals surface area contributed by atoms with E-state index in [0.29, 0.717) is 25.3 Å². The van der Waals surface area contributed by atoms with Crippen LogP contribution in [0.4, 0.5) is 0 Å². The highest BCUT2D eigenvalue weighted by Crippen LogP contribution is 2.08. The summed E-state index contributed by atoms with van der Waals surface area (Å²) in [6.45, 7) is 2.76. The van der Waals surface area contributed by atoms with Crippen LogP contribution < -0.4 is 5.32 Å². The van der Waals surface area contributed by atoms with Crippen LogP contribution in [-0.4, -0.2) is 56.4 Å². The fraction of sp³-hybridized carbons (Fsp3) is 0.500. The minimum Gasteiger partial charge on any atom is -0.395 e. The molecule has 0 aliphatic heterocycles. The number of methoxy groups -OCH3 is 1. The van der Waals surface area contributed by atoms with Gasteiger partial charge in [-0.2, -0.15) is 0 Å². The molecule has 0 bridgehead atoms. The van der Waals surface area contributed by atoms with E-state index in [1.54, 1.807) is 20.2 Å². The summed E-state index contributed by atoms with van der Waals surface area (Å²) in [5.74, 6) is -0.0903. The van der Waals surface area contributed by atoms with Crippen LogP contribution in [0.2, 0.25) is 0 Å². The predicted molar refractivity (Wildman–Crippen MR) is 74.1 cm³/mol. The Labute approximate surface area is 114 Å². The molecule has 0 aliphatic rings. The van der Waals surface area contributed by atoms with Gasteiger partial charge in [-0.15, -0.1) is 0 Å². The van der Waals surface area contributed by atoms with Gasteiger partial charge in [-0.1, -0.05) is 12.1 Å². The Bertz CT molecular complexity index is 396. The van der Waals surface area contributed by atoms with Crippen molar-refractivity contribution >= 4 is 5.91 Å². The molecule has 0 saturated heterocycles. The van der Waals surface area contributed by atoms with Crippen molar-refractivity contribution in [2.45, 2.75) is 6.54 Å². The molecular formula is C14H22N2O3. The summed E-state index contributed by atoms with van der Waals surface area (Å²) >= 11 is 0. The minimum atomic E-state index is -0.0903. The van der Waals surface area contributed by atoms with Gasteiger partial charge in [0.15, 0.2) is 0 Å². The molecule has 0 fully saturated rings. The van der Waals surface area contributed by atoms with E-state index in [9.17, 15) is 4.79 Å². The van der Waals surface area contributed by atoms with E-state index in [1.807, 2.05) is 18.2 Å². The van der Waals surface area contributed by atoms with Crippen molar-refractivity contribution in [1.82, 2.24) is 10.2 Å². The average molecular weight is 266 g/mol. The molecule has 0 spiro atoms. The molecule has 2 N–H and O–H groups in total. The number of carbonyl (C=O) groups is 1. The van der Waals surface area contributed by atoms with Crippen LogP contribution in [0.5, 0.6) is 0 Å². The summed E-state index contributed by atoms with van der Waals surface area (Å²) < 4.78 is 5.05. The van der Waals surface area contributed by atoms with Gasteiger partial charge in [0.25, 0.3) is 5.91 Å². The Hall–Kier alpha value is -1.43. The van der Waals surface area contributed by atoms with Gasteiger partial charge in [-0.3, -0.25) is 9.69 Å². The lowest BCUT2D eigenvalue weighted by molar-refractivity contribution is 0.0962. The highest BCUT2D eigenvalue weighted by atomic mass is 16.5. The minimum absolute atomic E-state index is 0.0903. The molecule has 1 amide bonds. The van der Waals surface area contributed by atoms with Gasteiger partial charge in [0.1, 0.15) is 0 Å². The maximum absolute atomic E-state index is 11.6. The number of nitrogens with zero attached hydrogens (tertiary/aromatic N) is 1. The highest BCUT2D eigenvalue weighted by molar-refractivity contribution is 5.94. The van der Waals surface area contributed by atoms with Gasteiger partial charge in [0.05, 0.1) is 13.2 Å². The van der Waals surface area contributed by atoms with Crippen molar-refractivity contribution in [3.8, 4) is 0 Å². The van der Waals surface area contributed by atoms with Crippen LogP contribution in [0.1, 0.15) is 15.9 Å². The number of rotatable bonds is 8. The second-order valence-electron chi connectivity index (χ2n) is 4.27. The van der Waals surface area contributed by atoms with Crippen LogP contribution in [-0.2, 0) is 11.3 Å². The lowest BCUT2D eigenvalue weighted by Gasteiger charge is -2.21. The number of amides is 1. The van der Waals surface area contributed by atoms with E-state index < -0.39 is 0 Å². The first-order chi connectivity index (χ1) is 9.21. The summed E-state index contributed by atoms with van der Waals surface area (Å²) in [6, 6.07) is 7.50. The smallest absolute Gasteiger partial charge is 0.251 e. The zero-order valence-corrected chi connectivity index (χ0v) is 11.6. The maximum atomic E-state index is 11.6. The predicted octanol–water partition coefficient (Wildman–Crippen LogP) is 0.487. The third kappa shape index (κ3) is 5.38. The van der Waals surface area contributed by atoms with Gasteiger partial charge in [-0.25, -0.2) is 0 Å². The molecule has 0 aromatic heterocycles.